The highest BCUT2D eigenvalue weighted by molar-refractivity contribution is 5.97. The Bertz CT molecular complexity index is 458. The average molecular weight is 251 g/mol. The highest BCUT2D eigenvalue weighted by atomic mass is 16.5. The van der Waals surface area contributed by atoms with Crippen LogP contribution in [0.4, 0.5) is 0 Å². The van der Waals surface area contributed by atoms with E-state index in [0.29, 0.717) is 12.1 Å². The van der Waals surface area contributed by atoms with Crippen LogP contribution < -0.4 is 0 Å². The van der Waals surface area contributed by atoms with Crippen molar-refractivity contribution in [3.63, 3.8) is 0 Å². The Morgan fingerprint density at radius 2 is 2.28 bits per heavy atom. The number of nitrogens with zero attached hydrogens (tertiary/aromatic N) is 1. The summed E-state index contributed by atoms with van der Waals surface area (Å²) >= 11 is 0. The summed E-state index contributed by atoms with van der Waals surface area (Å²) in [4.78, 5) is 22.4. The van der Waals surface area contributed by atoms with Crippen molar-refractivity contribution in [1.29, 1.82) is 0 Å². The van der Waals surface area contributed by atoms with Crippen molar-refractivity contribution in [2.75, 3.05) is 6.61 Å². The molecule has 0 aliphatic carbocycles. The van der Waals surface area contributed by atoms with Crippen molar-refractivity contribution in [2.45, 2.75) is 38.8 Å². The van der Waals surface area contributed by atoms with Gasteiger partial charge in [-0.2, -0.15) is 0 Å². The number of rotatable bonds is 4. The van der Waals surface area contributed by atoms with Gasteiger partial charge >= 0.3 is 5.97 Å². The van der Waals surface area contributed by atoms with Gasteiger partial charge in [-0.05, 0) is 32.3 Å². The number of hydrogen-bond acceptors (Lipinski definition) is 3. The minimum atomic E-state index is -1.02. The Morgan fingerprint density at radius 3 is 2.83 bits per heavy atom. The number of carbonyl (C=O) groups excluding carboxylic acids is 1. The van der Waals surface area contributed by atoms with Crippen LogP contribution in [0, 0.1) is 0 Å². The third-order valence-electron chi connectivity index (χ3n) is 3.20. The van der Waals surface area contributed by atoms with E-state index in [0.717, 1.165) is 25.9 Å². The van der Waals surface area contributed by atoms with E-state index >= 15 is 0 Å². The molecule has 1 saturated heterocycles. The van der Waals surface area contributed by atoms with Crippen molar-refractivity contribution in [3.05, 3.63) is 23.5 Å². The third kappa shape index (κ3) is 2.79. The zero-order chi connectivity index (χ0) is 13.1. The van der Waals surface area contributed by atoms with Crippen LogP contribution in [-0.2, 0) is 11.3 Å². The number of aromatic nitrogens is 1. The molecule has 0 saturated carbocycles. The van der Waals surface area contributed by atoms with Gasteiger partial charge in [-0.15, -0.1) is 0 Å². The molecule has 1 atom stereocenters. The molecular weight excluding hydrogens is 234 g/mol. The van der Waals surface area contributed by atoms with Gasteiger partial charge in [0.1, 0.15) is 5.69 Å². The van der Waals surface area contributed by atoms with Crippen LogP contribution in [0.15, 0.2) is 12.3 Å². The van der Waals surface area contributed by atoms with Crippen LogP contribution >= 0.6 is 0 Å². The topological polar surface area (TPSA) is 68.5 Å². The van der Waals surface area contributed by atoms with Gasteiger partial charge in [0.15, 0.2) is 5.78 Å². The summed E-state index contributed by atoms with van der Waals surface area (Å²) in [5.74, 6) is -1.14. The van der Waals surface area contributed by atoms with Gasteiger partial charge in [0.05, 0.1) is 6.10 Å². The molecule has 0 aromatic carbocycles. The number of aromatic carboxylic acids is 1. The van der Waals surface area contributed by atoms with E-state index in [2.05, 4.69) is 0 Å². The van der Waals surface area contributed by atoms with E-state index in [1.165, 1.54) is 13.0 Å². The van der Waals surface area contributed by atoms with Crippen LogP contribution in [0.1, 0.15) is 47.0 Å². The van der Waals surface area contributed by atoms with E-state index in [4.69, 9.17) is 9.84 Å². The molecule has 0 radical (unpaired) electrons. The van der Waals surface area contributed by atoms with Crippen molar-refractivity contribution < 1.29 is 19.4 Å². The molecule has 2 heterocycles. The number of hydrogen-bond donors (Lipinski definition) is 1. The second-order valence-electron chi connectivity index (χ2n) is 4.62. The van der Waals surface area contributed by atoms with Crippen LogP contribution in [0.3, 0.4) is 0 Å². The number of carboxylic acids is 1. The quantitative estimate of drug-likeness (QED) is 0.830. The molecular formula is C13H17NO4. The lowest BCUT2D eigenvalue weighted by atomic mass is 10.1. The van der Waals surface area contributed by atoms with Crippen LogP contribution in [0.2, 0.25) is 0 Å². The summed E-state index contributed by atoms with van der Waals surface area (Å²) in [6.07, 6.45) is 4.75. The average Bonchev–Trinajstić information content (AvgIpc) is 2.74. The van der Waals surface area contributed by atoms with Gasteiger partial charge in [-0.1, -0.05) is 0 Å². The molecule has 5 heteroatoms. The molecule has 0 amide bonds. The summed E-state index contributed by atoms with van der Waals surface area (Å²) in [5, 5.41) is 9.12. The molecule has 1 aromatic heterocycles. The summed E-state index contributed by atoms with van der Waals surface area (Å²) in [6, 6.07) is 1.42. The molecule has 0 spiro atoms. The Labute approximate surface area is 105 Å². The maximum absolute atomic E-state index is 11.3. The minimum absolute atomic E-state index is 0.0454. The Hall–Kier alpha value is -1.62. The molecule has 1 unspecified atom stereocenters. The number of carboxylic acid groups (broad SMARTS) is 1. The van der Waals surface area contributed by atoms with Gasteiger partial charge < -0.3 is 14.4 Å². The first kappa shape index (κ1) is 12.8. The largest absolute Gasteiger partial charge is 0.477 e. The fourth-order valence-electron chi connectivity index (χ4n) is 2.20. The normalized spacial score (nSPS) is 19.7. The van der Waals surface area contributed by atoms with E-state index in [-0.39, 0.29) is 17.6 Å². The second-order valence-corrected chi connectivity index (χ2v) is 4.62. The van der Waals surface area contributed by atoms with Crippen LogP contribution in [0.25, 0.3) is 0 Å². The first-order valence-electron chi connectivity index (χ1n) is 6.14. The first-order valence-corrected chi connectivity index (χ1v) is 6.14. The third-order valence-corrected chi connectivity index (χ3v) is 3.20. The molecule has 18 heavy (non-hydrogen) atoms. The minimum Gasteiger partial charge on any atom is -0.477 e. The molecule has 5 nitrogen and oxygen atoms in total. The standard InChI is InChI=1S/C13H17NO4/c1-9(15)10-6-12(13(16)17)14(7-10)8-11-4-2-3-5-18-11/h6-7,11H,2-5,8H2,1H3,(H,16,17). The zero-order valence-electron chi connectivity index (χ0n) is 10.4. The van der Waals surface area contributed by atoms with Gasteiger partial charge in [0.25, 0.3) is 0 Å². The summed E-state index contributed by atoms with van der Waals surface area (Å²) < 4.78 is 7.19. The van der Waals surface area contributed by atoms with Crippen molar-refractivity contribution >= 4 is 11.8 Å². The summed E-state index contributed by atoms with van der Waals surface area (Å²) in [5.41, 5.74) is 0.581. The zero-order valence-corrected chi connectivity index (χ0v) is 10.4. The first-order chi connectivity index (χ1) is 8.58. The summed E-state index contributed by atoms with van der Waals surface area (Å²) in [7, 11) is 0. The maximum Gasteiger partial charge on any atom is 0.352 e. The Kier molecular flexibility index (Phi) is 3.81. The molecule has 1 N–H and O–H groups in total. The highest BCUT2D eigenvalue weighted by Gasteiger charge is 2.19. The van der Waals surface area contributed by atoms with Crippen molar-refractivity contribution in [3.8, 4) is 0 Å². The molecule has 0 bridgehead atoms. The van der Waals surface area contributed by atoms with Gasteiger partial charge in [-0.3, -0.25) is 4.79 Å². The molecule has 1 aromatic rings. The summed E-state index contributed by atoms with van der Waals surface area (Å²) in [6.45, 7) is 2.66. The second kappa shape index (κ2) is 5.35. The Balaban J connectivity index is 2.19. The lowest BCUT2D eigenvalue weighted by Gasteiger charge is -2.23. The maximum atomic E-state index is 11.3. The van der Waals surface area contributed by atoms with Crippen LogP contribution in [-0.4, -0.2) is 34.1 Å². The fraction of sp³-hybridized carbons (Fsp3) is 0.538. The molecule has 1 aliphatic rings. The van der Waals surface area contributed by atoms with E-state index < -0.39 is 5.97 Å². The SMILES string of the molecule is CC(=O)c1cc(C(=O)O)n(CC2CCCCO2)c1. The highest BCUT2D eigenvalue weighted by Crippen LogP contribution is 2.17. The number of ether oxygens (including phenoxy) is 1. The Morgan fingerprint density at radius 1 is 1.50 bits per heavy atom. The monoisotopic (exact) mass is 251 g/mol. The number of Topliss-reactive ketones (excluding diaryl/α,β-unsaturated/α-hetero) is 1. The van der Waals surface area contributed by atoms with Gasteiger partial charge in [0, 0.05) is 24.9 Å². The van der Waals surface area contributed by atoms with Gasteiger partial charge in [0.2, 0.25) is 0 Å². The van der Waals surface area contributed by atoms with E-state index in [9.17, 15) is 9.59 Å². The van der Waals surface area contributed by atoms with Crippen molar-refractivity contribution in [2.24, 2.45) is 0 Å². The van der Waals surface area contributed by atoms with Gasteiger partial charge in [-0.25, -0.2) is 4.79 Å². The molecule has 1 aliphatic heterocycles. The predicted octanol–water partition coefficient (Wildman–Crippen LogP) is 1.96. The lowest BCUT2D eigenvalue weighted by Crippen LogP contribution is -2.25. The molecule has 1 fully saturated rings. The molecule has 2 rings (SSSR count). The fourth-order valence-corrected chi connectivity index (χ4v) is 2.20. The number of carbonyl (C=O) groups is 2. The smallest absolute Gasteiger partial charge is 0.352 e. The van der Waals surface area contributed by atoms with Crippen LogP contribution in [0.5, 0.6) is 0 Å². The molecule has 98 valence electrons. The van der Waals surface area contributed by atoms with Crippen molar-refractivity contribution in [1.82, 2.24) is 4.57 Å². The number of ketones is 1. The predicted molar refractivity (Wildman–Crippen MR) is 65.0 cm³/mol. The van der Waals surface area contributed by atoms with E-state index in [1.807, 2.05) is 0 Å². The van der Waals surface area contributed by atoms with E-state index in [1.54, 1.807) is 10.8 Å². The lowest BCUT2D eigenvalue weighted by molar-refractivity contribution is 0.00543.